The van der Waals surface area contributed by atoms with E-state index in [1.807, 2.05) is 24.2 Å². The zero-order valence-corrected chi connectivity index (χ0v) is 9.09. The van der Waals surface area contributed by atoms with E-state index in [1.165, 1.54) is 36.6 Å². The van der Waals surface area contributed by atoms with Crippen molar-refractivity contribution in [1.82, 2.24) is 10.3 Å². The zero-order valence-electron chi connectivity index (χ0n) is 8.28. The normalized spacial score (nSPS) is 22.1. The third-order valence-corrected chi connectivity index (χ3v) is 3.78. The molecule has 0 bridgehead atoms. The molecule has 0 unspecified atom stereocenters. The Bertz CT molecular complexity index is 257. The highest BCUT2D eigenvalue weighted by Gasteiger charge is 2.12. The fourth-order valence-electron chi connectivity index (χ4n) is 1.71. The Morgan fingerprint density at radius 2 is 2.29 bits per heavy atom. The lowest BCUT2D eigenvalue weighted by molar-refractivity contribution is 0.410. The predicted molar refractivity (Wildman–Crippen MR) is 60.6 cm³/mol. The maximum Gasteiger partial charge on any atom is 0.0278 e. The fraction of sp³-hybridized carbons (Fsp3) is 0.545. The lowest BCUT2D eigenvalue weighted by Gasteiger charge is -2.22. The molecule has 1 atom stereocenters. The van der Waals surface area contributed by atoms with E-state index in [4.69, 9.17) is 0 Å². The first-order chi connectivity index (χ1) is 6.95. The number of aromatic nitrogens is 1. The SMILES string of the molecule is c1cc(SC[C@@H]2CCCNC2)ccn1. The molecule has 0 aromatic carbocycles. The molecule has 14 heavy (non-hydrogen) atoms. The van der Waals surface area contributed by atoms with Crippen molar-refractivity contribution in [2.75, 3.05) is 18.8 Å². The third-order valence-electron chi connectivity index (χ3n) is 2.53. The van der Waals surface area contributed by atoms with Crippen molar-refractivity contribution in [3.8, 4) is 0 Å². The first kappa shape index (κ1) is 9.99. The Balaban J connectivity index is 1.76. The molecule has 1 aromatic heterocycles. The van der Waals surface area contributed by atoms with E-state index in [0.717, 1.165) is 5.92 Å². The van der Waals surface area contributed by atoms with E-state index < -0.39 is 0 Å². The summed E-state index contributed by atoms with van der Waals surface area (Å²) in [6, 6.07) is 4.17. The number of piperidine rings is 1. The highest BCUT2D eigenvalue weighted by atomic mass is 32.2. The van der Waals surface area contributed by atoms with Gasteiger partial charge < -0.3 is 5.32 Å². The van der Waals surface area contributed by atoms with Crippen LogP contribution in [0.15, 0.2) is 29.4 Å². The second-order valence-corrected chi connectivity index (χ2v) is 4.80. The van der Waals surface area contributed by atoms with Crippen molar-refractivity contribution in [2.45, 2.75) is 17.7 Å². The minimum atomic E-state index is 0.849. The number of rotatable bonds is 3. The van der Waals surface area contributed by atoms with Gasteiger partial charge in [-0.25, -0.2) is 0 Å². The van der Waals surface area contributed by atoms with E-state index >= 15 is 0 Å². The van der Waals surface area contributed by atoms with Crippen LogP contribution in [0.4, 0.5) is 0 Å². The maximum atomic E-state index is 4.01. The fourth-order valence-corrected chi connectivity index (χ4v) is 2.74. The van der Waals surface area contributed by atoms with Crippen LogP contribution in [-0.4, -0.2) is 23.8 Å². The Kier molecular flexibility index (Phi) is 3.83. The Hall–Kier alpha value is -0.540. The highest BCUT2D eigenvalue weighted by Crippen LogP contribution is 2.22. The highest BCUT2D eigenvalue weighted by molar-refractivity contribution is 7.99. The molecule has 0 spiro atoms. The average molecular weight is 208 g/mol. The van der Waals surface area contributed by atoms with Gasteiger partial charge in [0.15, 0.2) is 0 Å². The molecule has 0 radical (unpaired) electrons. The average Bonchev–Trinajstić information content (AvgIpc) is 2.29. The van der Waals surface area contributed by atoms with Gasteiger partial charge in [0.2, 0.25) is 0 Å². The molecule has 1 aliphatic heterocycles. The van der Waals surface area contributed by atoms with Crippen molar-refractivity contribution in [3.05, 3.63) is 24.5 Å². The first-order valence-electron chi connectivity index (χ1n) is 5.19. The van der Waals surface area contributed by atoms with E-state index in [2.05, 4.69) is 22.4 Å². The molecule has 0 aliphatic carbocycles. The molecule has 2 heterocycles. The summed E-state index contributed by atoms with van der Waals surface area (Å²) in [5.41, 5.74) is 0. The van der Waals surface area contributed by atoms with Gasteiger partial charge in [-0.2, -0.15) is 0 Å². The number of hydrogen-bond donors (Lipinski definition) is 1. The van der Waals surface area contributed by atoms with Crippen molar-refractivity contribution >= 4 is 11.8 Å². The summed E-state index contributed by atoms with van der Waals surface area (Å²) in [7, 11) is 0. The van der Waals surface area contributed by atoms with Crippen LogP contribution in [0.1, 0.15) is 12.8 Å². The van der Waals surface area contributed by atoms with Crippen LogP contribution >= 0.6 is 11.8 Å². The summed E-state index contributed by atoms with van der Waals surface area (Å²) in [6.07, 6.45) is 6.44. The molecule has 2 nitrogen and oxygen atoms in total. The quantitative estimate of drug-likeness (QED) is 0.771. The summed E-state index contributed by atoms with van der Waals surface area (Å²) < 4.78 is 0. The molecule has 1 aliphatic rings. The lowest BCUT2D eigenvalue weighted by atomic mass is 10.0. The Morgan fingerprint density at radius 1 is 1.43 bits per heavy atom. The molecule has 1 N–H and O–H groups in total. The zero-order chi connectivity index (χ0) is 9.64. The summed E-state index contributed by atoms with van der Waals surface area (Å²) in [5.74, 6) is 2.08. The minimum Gasteiger partial charge on any atom is -0.316 e. The van der Waals surface area contributed by atoms with Gasteiger partial charge in [-0.05, 0) is 44.0 Å². The molecule has 3 heteroatoms. The second-order valence-electron chi connectivity index (χ2n) is 3.71. The summed E-state index contributed by atoms with van der Waals surface area (Å²) in [6.45, 7) is 2.40. The standard InChI is InChI=1S/C11H16N2S/c1-2-10(8-13-5-1)9-14-11-3-6-12-7-4-11/h3-4,6-7,10,13H,1-2,5,8-9H2/t10-/m1/s1. The molecule has 0 saturated carbocycles. The smallest absolute Gasteiger partial charge is 0.0278 e. The Morgan fingerprint density at radius 3 is 3.00 bits per heavy atom. The molecule has 1 saturated heterocycles. The molecular weight excluding hydrogens is 192 g/mol. The Labute approximate surface area is 89.5 Å². The molecule has 2 rings (SSSR count). The van der Waals surface area contributed by atoms with Crippen LogP contribution in [0.5, 0.6) is 0 Å². The van der Waals surface area contributed by atoms with Crippen LogP contribution in [0.25, 0.3) is 0 Å². The molecule has 76 valence electrons. The molecule has 0 amide bonds. The maximum absolute atomic E-state index is 4.01. The summed E-state index contributed by atoms with van der Waals surface area (Å²) in [4.78, 5) is 5.35. The van der Waals surface area contributed by atoms with Gasteiger partial charge >= 0.3 is 0 Å². The van der Waals surface area contributed by atoms with E-state index in [-0.39, 0.29) is 0 Å². The van der Waals surface area contributed by atoms with Gasteiger partial charge in [-0.1, -0.05) is 0 Å². The third kappa shape index (κ3) is 3.00. The molecular formula is C11H16N2S. The van der Waals surface area contributed by atoms with Gasteiger partial charge in [0, 0.05) is 23.0 Å². The van der Waals surface area contributed by atoms with Gasteiger partial charge in [-0.15, -0.1) is 11.8 Å². The van der Waals surface area contributed by atoms with Crippen LogP contribution in [0, 0.1) is 5.92 Å². The van der Waals surface area contributed by atoms with E-state index in [1.54, 1.807) is 0 Å². The number of nitrogens with zero attached hydrogens (tertiary/aromatic N) is 1. The number of thioether (sulfide) groups is 1. The van der Waals surface area contributed by atoms with Crippen LogP contribution in [0.3, 0.4) is 0 Å². The summed E-state index contributed by atoms with van der Waals surface area (Å²) >= 11 is 1.95. The minimum absolute atomic E-state index is 0.849. The monoisotopic (exact) mass is 208 g/mol. The van der Waals surface area contributed by atoms with Crippen molar-refractivity contribution in [1.29, 1.82) is 0 Å². The van der Waals surface area contributed by atoms with Crippen molar-refractivity contribution in [2.24, 2.45) is 5.92 Å². The largest absolute Gasteiger partial charge is 0.316 e. The van der Waals surface area contributed by atoms with Gasteiger partial charge in [0.1, 0.15) is 0 Å². The van der Waals surface area contributed by atoms with Gasteiger partial charge in [0.25, 0.3) is 0 Å². The van der Waals surface area contributed by atoms with Gasteiger partial charge in [0.05, 0.1) is 0 Å². The number of nitrogens with one attached hydrogen (secondary N) is 1. The number of pyridine rings is 1. The van der Waals surface area contributed by atoms with Crippen LogP contribution in [0.2, 0.25) is 0 Å². The van der Waals surface area contributed by atoms with Crippen molar-refractivity contribution in [3.63, 3.8) is 0 Å². The van der Waals surface area contributed by atoms with E-state index in [0.29, 0.717) is 0 Å². The topological polar surface area (TPSA) is 24.9 Å². The predicted octanol–water partition coefficient (Wildman–Crippen LogP) is 2.17. The first-order valence-corrected chi connectivity index (χ1v) is 6.17. The number of hydrogen-bond acceptors (Lipinski definition) is 3. The van der Waals surface area contributed by atoms with Crippen LogP contribution < -0.4 is 5.32 Å². The van der Waals surface area contributed by atoms with E-state index in [9.17, 15) is 0 Å². The van der Waals surface area contributed by atoms with Gasteiger partial charge in [-0.3, -0.25) is 4.98 Å². The molecule has 1 aromatic rings. The van der Waals surface area contributed by atoms with Crippen LogP contribution in [-0.2, 0) is 0 Å². The van der Waals surface area contributed by atoms with Crippen molar-refractivity contribution < 1.29 is 0 Å². The lowest BCUT2D eigenvalue weighted by Crippen LogP contribution is -2.30. The second kappa shape index (κ2) is 5.37. The molecule has 1 fully saturated rings. The summed E-state index contributed by atoms with van der Waals surface area (Å²) in [5, 5.41) is 3.45.